The van der Waals surface area contributed by atoms with Gasteiger partial charge in [0.1, 0.15) is 11.5 Å². The summed E-state index contributed by atoms with van der Waals surface area (Å²) in [6.45, 7) is 1.79. The van der Waals surface area contributed by atoms with Gasteiger partial charge in [0.2, 0.25) is 23.0 Å². The van der Waals surface area contributed by atoms with Crippen LogP contribution in [0.3, 0.4) is 0 Å². The maximum absolute atomic E-state index is 14.3. The van der Waals surface area contributed by atoms with Crippen molar-refractivity contribution in [1.82, 2.24) is 10.6 Å². The molecule has 0 unspecified atom stereocenters. The van der Waals surface area contributed by atoms with E-state index in [1.54, 1.807) is 47.7 Å². The Morgan fingerprint density at radius 3 is 2.17 bits per heavy atom. The van der Waals surface area contributed by atoms with Crippen LogP contribution in [0, 0.1) is 0 Å². The summed E-state index contributed by atoms with van der Waals surface area (Å²) in [7, 11) is 9.36. The molecule has 0 fully saturated rings. The number of benzene rings is 3. The topological polar surface area (TPSA) is 144 Å². The second-order valence-electron chi connectivity index (χ2n) is 12.8. The van der Waals surface area contributed by atoms with E-state index in [1.165, 1.54) is 20.1 Å². The van der Waals surface area contributed by atoms with E-state index in [2.05, 4.69) is 10.6 Å². The molecule has 12 nitrogen and oxygen atoms in total. The molecule has 0 bridgehead atoms. The lowest BCUT2D eigenvalue weighted by Crippen LogP contribution is -2.27. The number of fused-ring (bicyclic) bond motifs is 4. The van der Waals surface area contributed by atoms with Gasteiger partial charge in [0.15, 0.2) is 28.6 Å². The second-order valence-corrected chi connectivity index (χ2v) is 12.8. The molecule has 5 aromatic rings. The van der Waals surface area contributed by atoms with Crippen molar-refractivity contribution in [2.24, 2.45) is 0 Å². The van der Waals surface area contributed by atoms with Crippen molar-refractivity contribution in [3.05, 3.63) is 93.1 Å². The summed E-state index contributed by atoms with van der Waals surface area (Å²) in [5, 5.41) is 6.52. The number of aryl methyl sites for hydroxylation is 1. The van der Waals surface area contributed by atoms with Gasteiger partial charge < -0.3 is 43.5 Å². The molecule has 6 rings (SSSR count). The lowest BCUT2D eigenvalue weighted by Gasteiger charge is -2.20. The summed E-state index contributed by atoms with van der Waals surface area (Å²) in [6, 6.07) is 17.6. The summed E-state index contributed by atoms with van der Waals surface area (Å²) in [5.41, 5.74) is 4.59. The zero-order valence-corrected chi connectivity index (χ0v) is 31.5. The van der Waals surface area contributed by atoms with Gasteiger partial charge >= 0.3 is 0 Å². The van der Waals surface area contributed by atoms with Crippen LogP contribution in [-0.4, -0.2) is 61.0 Å². The zero-order valence-electron chi connectivity index (χ0n) is 31.5. The molecule has 1 aliphatic carbocycles. The van der Waals surface area contributed by atoms with Crippen molar-refractivity contribution in [2.45, 2.75) is 38.6 Å². The zero-order chi connectivity index (χ0) is 38.5. The molecule has 0 radical (unpaired) electrons. The van der Waals surface area contributed by atoms with Crippen molar-refractivity contribution in [3.8, 4) is 56.9 Å². The molecule has 0 aliphatic heterocycles. The van der Waals surface area contributed by atoms with E-state index in [0.29, 0.717) is 99.3 Å². The van der Waals surface area contributed by atoms with E-state index < -0.39 is 11.5 Å². The minimum Gasteiger partial charge on any atom is -0.497 e. The van der Waals surface area contributed by atoms with Gasteiger partial charge in [-0.3, -0.25) is 14.4 Å². The van der Waals surface area contributed by atoms with Crippen LogP contribution in [0.15, 0.2) is 69.9 Å². The number of methoxy groups -OCH3 is 6. The molecule has 1 aliphatic rings. The molecule has 4 aromatic carbocycles. The molecule has 1 aromatic heterocycles. The minimum absolute atomic E-state index is 0.0737. The van der Waals surface area contributed by atoms with E-state index in [0.717, 1.165) is 11.1 Å². The van der Waals surface area contributed by atoms with Crippen LogP contribution in [0.2, 0.25) is 0 Å². The van der Waals surface area contributed by atoms with Gasteiger partial charge in [-0.1, -0.05) is 6.07 Å². The molecule has 2 N–H and O–H groups in total. The van der Waals surface area contributed by atoms with E-state index in [9.17, 15) is 14.4 Å². The van der Waals surface area contributed by atoms with Gasteiger partial charge in [-0.25, -0.2) is 0 Å². The molecule has 12 heteroatoms. The first-order chi connectivity index (χ1) is 26.1. The molecular formula is C42H44N2O10. The number of rotatable bonds is 13. The fourth-order valence-electron chi connectivity index (χ4n) is 7.14. The van der Waals surface area contributed by atoms with Gasteiger partial charge in [-0.2, -0.15) is 0 Å². The fraction of sp³-hybridized carbons (Fsp3) is 0.310. The van der Waals surface area contributed by atoms with Crippen LogP contribution in [0.5, 0.6) is 34.5 Å². The third kappa shape index (κ3) is 7.36. The first-order valence-electron chi connectivity index (χ1n) is 17.5. The molecular weight excluding hydrogens is 692 g/mol. The summed E-state index contributed by atoms with van der Waals surface area (Å²) in [5.74, 6) is 3.02. The number of furan rings is 1. The van der Waals surface area contributed by atoms with Crippen LogP contribution in [0.4, 0.5) is 0 Å². The molecule has 0 saturated heterocycles. The van der Waals surface area contributed by atoms with Gasteiger partial charge in [-0.05, 0) is 96.1 Å². The Labute approximate surface area is 313 Å². The predicted molar refractivity (Wildman–Crippen MR) is 204 cm³/mol. The first kappa shape index (κ1) is 37.6. The second kappa shape index (κ2) is 16.2. The molecule has 282 valence electrons. The number of carbonyl (C=O) groups excluding carboxylic acids is 2. The van der Waals surface area contributed by atoms with Gasteiger partial charge in [-0.15, -0.1) is 0 Å². The monoisotopic (exact) mass is 736 g/mol. The number of hydrogen-bond acceptors (Lipinski definition) is 10. The van der Waals surface area contributed by atoms with Crippen LogP contribution in [0.25, 0.3) is 33.4 Å². The summed E-state index contributed by atoms with van der Waals surface area (Å²) >= 11 is 0. The highest BCUT2D eigenvalue weighted by Gasteiger charge is 2.31. The van der Waals surface area contributed by atoms with E-state index in [1.807, 2.05) is 42.5 Å². The van der Waals surface area contributed by atoms with Gasteiger partial charge in [0, 0.05) is 35.5 Å². The normalized spacial score (nSPS) is 13.2. The van der Waals surface area contributed by atoms with E-state index >= 15 is 0 Å². The van der Waals surface area contributed by atoms with Crippen LogP contribution >= 0.6 is 0 Å². The Bertz CT molecular complexity index is 2260. The van der Waals surface area contributed by atoms with Crippen LogP contribution in [-0.2, 0) is 28.9 Å². The SMILES string of the molecule is COc1ccc(-c2oc3c(=O)cc4c(cc3c2CC(=O)NCCc2ccc(OC)c(OC)c2)-c2c(cc(OC)c(OC)c2OC)CC[C@@H]4NC(C)=O)cc1. The molecule has 54 heavy (non-hydrogen) atoms. The Kier molecular flexibility index (Phi) is 11.3. The maximum atomic E-state index is 14.3. The highest BCUT2D eigenvalue weighted by Crippen LogP contribution is 2.51. The fourth-order valence-corrected chi connectivity index (χ4v) is 7.14. The number of amides is 2. The minimum atomic E-state index is -0.514. The standard InChI is InChI=1S/C42H44N2O10/c1-23(45)44-32-14-11-26-19-36(51-5)41(52-6)42(53-7)38(26)29-20-30-31(22-37(47)43-17-16-24-8-15-34(49-3)35(18-24)50-4)39(25-9-12-27(48-2)13-10-25)54-40(30)33(46)21-28(29)32/h8-10,12-13,15,18-21,32H,11,14,16-17,22H2,1-7H3,(H,43,47)(H,44,45)/t32-/m0/s1. The summed E-state index contributed by atoms with van der Waals surface area (Å²) in [4.78, 5) is 40.6. The van der Waals surface area contributed by atoms with E-state index in [-0.39, 0.29) is 23.8 Å². The van der Waals surface area contributed by atoms with Crippen molar-refractivity contribution in [3.63, 3.8) is 0 Å². The average Bonchev–Trinajstić information content (AvgIpc) is 3.38. The van der Waals surface area contributed by atoms with Gasteiger partial charge in [0.05, 0.1) is 55.1 Å². The molecule has 1 heterocycles. The Morgan fingerprint density at radius 2 is 1.52 bits per heavy atom. The highest BCUT2D eigenvalue weighted by atomic mass is 16.5. The maximum Gasteiger partial charge on any atom is 0.224 e. The molecule has 0 spiro atoms. The molecule has 1 atom stereocenters. The lowest BCUT2D eigenvalue weighted by molar-refractivity contribution is -0.121. The summed E-state index contributed by atoms with van der Waals surface area (Å²) < 4.78 is 40.1. The van der Waals surface area contributed by atoms with Crippen LogP contribution < -0.4 is 44.5 Å². The Balaban J connectivity index is 1.52. The average molecular weight is 737 g/mol. The van der Waals surface area contributed by atoms with Gasteiger partial charge in [0.25, 0.3) is 0 Å². The number of ether oxygens (including phenoxy) is 6. The Morgan fingerprint density at radius 1 is 0.796 bits per heavy atom. The largest absolute Gasteiger partial charge is 0.497 e. The third-order valence-corrected chi connectivity index (χ3v) is 9.67. The quantitative estimate of drug-likeness (QED) is 0.143. The predicted octanol–water partition coefficient (Wildman–Crippen LogP) is 6.20. The first-order valence-corrected chi connectivity index (χ1v) is 17.5. The highest BCUT2D eigenvalue weighted by molar-refractivity contribution is 5.96. The lowest BCUT2D eigenvalue weighted by atomic mass is 9.94. The van der Waals surface area contributed by atoms with Crippen molar-refractivity contribution >= 4 is 22.8 Å². The third-order valence-electron chi connectivity index (χ3n) is 9.67. The van der Waals surface area contributed by atoms with Crippen molar-refractivity contribution in [2.75, 3.05) is 49.2 Å². The van der Waals surface area contributed by atoms with Crippen molar-refractivity contribution in [1.29, 1.82) is 0 Å². The molecule has 0 saturated carbocycles. The van der Waals surface area contributed by atoms with E-state index in [4.69, 9.17) is 32.8 Å². The smallest absolute Gasteiger partial charge is 0.224 e. The number of carbonyl (C=O) groups is 2. The van der Waals surface area contributed by atoms with Crippen molar-refractivity contribution < 1.29 is 42.4 Å². The number of nitrogens with one attached hydrogen (secondary N) is 2. The van der Waals surface area contributed by atoms with Crippen LogP contribution in [0.1, 0.15) is 41.6 Å². The molecule has 2 amide bonds. The number of hydrogen-bond donors (Lipinski definition) is 2. The summed E-state index contributed by atoms with van der Waals surface area (Å²) in [6.07, 6.45) is 1.48. The Hall–Kier alpha value is -6.17.